The van der Waals surface area contributed by atoms with E-state index in [9.17, 15) is 4.79 Å². The largest absolute Gasteiger partial charge is 0.477 e. The van der Waals surface area contributed by atoms with Crippen molar-refractivity contribution in [1.82, 2.24) is 10.2 Å². The Balaban J connectivity index is 1.63. The molecule has 0 bridgehead atoms. The molecule has 1 unspecified atom stereocenters. The Morgan fingerprint density at radius 3 is 2.59 bits per heavy atom. The summed E-state index contributed by atoms with van der Waals surface area (Å²) in [5.74, 6) is 0.329. The molecule has 5 nitrogen and oxygen atoms in total. The molecule has 0 radical (unpaired) electrons. The molecule has 1 amide bonds. The summed E-state index contributed by atoms with van der Waals surface area (Å²) < 4.78 is 12.5. The van der Waals surface area contributed by atoms with Crippen LogP contribution in [0.4, 0.5) is 0 Å². The minimum Gasteiger partial charge on any atom is -0.477 e. The summed E-state index contributed by atoms with van der Waals surface area (Å²) >= 11 is 12.7. The molecular weight excluding hydrogens is 411 g/mol. The zero-order chi connectivity index (χ0) is 20.4. The van der Waals surface area contributed by atoms with Gasteiger partial charge in [-0.1, -0.05) is 29.3 Å². The Morgan fingerprint density at radius 2 is 1.97 bits per heavy atom. The lowest BCUT2D eigenvalue weighted by molar-refractivity contribution is -0.136. The molecule has 7 heteroatoms. The van der Waals surface area contributed by atoms with E-state index < -0.39 is 6.10 Å². The van der Waals surface area contributed by atoms with E-state index in [4.69, 9.17) is 32.7 Å². The van der Waals surface area contributed by atoms with Crippen LogP contribution in [0.5, 0.6) is 5.75 Å². The number of ether oxygens (including phenoxy) is 2. The SMILES string of the molecule is CNC(=O)C(Oc1c(Cl)cccc1Cl)[C@@H]1CC[C@]2(CCCO2)C[C@H]1N1CCCC1. The smallest absolute Gasteiger partial charge is 0.261 e. The number of benzene rings is 1. The molecule has 2 aliphatic heterocycles. The van der Waals surface area contributed by atoms with Gasteiger partial charge in [0.25, 0.3) is 5.91 Å². The molecule has 1 N–H and O–H groups in total. The van der Waals surface area contributed by atoms with E-state index in [1.54, 1.807) is 25.2 Å². The predicted octanol–water partition coefficient (Wildman–Crippen LogP) is 4.30. The van der Waals surface area contributed by atoms with Crippen molar-refractivity contribution in [3.63, 3.8) is 0 Å². The topological polar surface area (TPSA) is 50.8 Å². The lowest BCUT2D eigenvalue weighted by atomic mass is 9.71. The molecule has 2 heterocycles. The van der Waals surface area contributed by atoms with Crippen LogP contribution in [0.2, 0.25) is 10.0 Å². The Kier molecular flexibility index (Phi) is 6.59. The monoisotopic (exact) mass is 440 g/mol. The van der Waals surface area contributed by atoms with Crippen LogP contribution in [0.3, 0.4) is 0 Å². The van der Waals surface area contributed by atoms with Crippen molar-refractivity contribution in [2.45, 2.75) is 62.7 Å². The molecule has 1 aliphatic carbocycles. The third kappa shape index (κ3) is 4.39. The first-order valence-electron chi connectivity index (χ1n) is 10.7. The first-order valence-corrected chi connectivity index (χ1v) is 11.5. The molecule has 2 saturated heterocycles. The van der Waals surface area contributed by atoms with Gasteiger partial charge in [0, 0.05) is 25.6 Å². The number of nitrogens with zero attached hydrogens (tertiary/aromatic N) is 1. The molecule has 1 aromatic rings. The van der Waals surface area contributed by atoms with E-state index >= 15 is 0 Å². The van der Waals surface area contributed by atoms with Crippen molar-refractivity contribution in [3.8, 4) is 5.75 Å². The highest BCUT2D eigenvalue weighted by Gasteiger charge is 2.50. The molecule has 4 atom stereocenters. The maximum Gasteiger partial charge on any atom is 0.261 e. The third-order valence-corrected chi connectivity index (χ3v) is 7.46. The second-order valence-corrected chi connectivity index (χ2v) is 9.37. The first kappa shape index (κ1) is 21.2. The lowest BCUT2D eigenvalue weighted by Gasteiger charge is -2.47. The fourth-order valence-electron chi connectivity index (χ4n) is 5.40. The Labute approximate surface area is 183 Å². The number of rotatable bonds is 5. The zero-order valence-electron chi connectivity index (χ0n) is 17.0. The predicted molar refractivity (Wildman–Crippen MR) is 115 cm³/mol. The normalized spacial score (nSPS) is 31.1. The average Bonchev–Trinajstić information content (AvgIpc) is 3.40. The van der Waals surface area contributed by atoms with Gasteiger partial charge in [0.1, 0.15) is 0 Å². The second kappa shape index (κ2) is 9.01. The van der Waals surface area contributed by atoms with Crippen LogP contribution in [0.1, 0.15) is 44.9 Å². The van der Waals surface area contributed by atoms with E-state index in [0.717, 1.165) is 51.8 Å². The zero-order valence-corrected chi connectivity index (χ0v) is 18.5. The third-order valence-electron chi connectivity index (χ3n) is 6.86. The van der Waals surface area contributed by atoms with Crippen LogP contribution in [0, 0.1) is 5.92 Å². The van der Waals surface area contributed by atoms with Gasteiger partial charge in [-0.05, 0) is 70.2 Å². The average molecular weight is 441 g/mol. The molecule has 160 valence electrons. The molecule has 4 rings (SSSR count). The van der Waals surface area contributed by atoms with Crippen molar-refractivity contribution >= 4 is 29.1 Å². The minimum absolute atomic E-state index is 0.0287. The van der Waals surface area contributed by atoms with Crippen molar-refractivity contribution in [2.24, 2.45) is 5.92 Å². The van der Waals surface area contributed by atoms with E-state index in [0.29, 0.717) is 15.8 Å². The number of carbonyl (C=O) groups is 1. The quantitative estimate of drug-likeness (QED) is 0.741. The number of hydrogen-bond acceptors (Lipinski definition) is 4. The van der Waals surface area contributed by atoms with Crippen LogP contribution in [-0.2, 0) is 9.53 Å². The lowest BCUT2D eigenvalue weighted by Crippen LogP contribution is -2.56. The molecule has 3 aliphatic rings. The number of para-hydroxylation sites is 1. The highest BCUT2D eigenvalue weighted by atomic mass is 35.5. The summed E-state index contributed by atoms with van der Waals surface area (Å²) in [6.07, 6.45) is 6.84. The molecule has 1 spiro atoms. The van der Waals surface area contributed by atoms with Gasteiger partial charge in [-0.3, -0.25) is 9.69 Å². The van der Waals surface area contributed by atoms with Gasteiger partial charge >= 0.3 is 0 Å². The summed E-state index contributed by atoms with van der Waals surface area (Å²) in [5.41, 5.74) is -0.0287. The fraction of sp³-hybridized carbons (Fsp3) is 0.682. The van der Waals surface area contributed by atoms with Crippen LogP contribution < -0.4 is 10.1 Å². The molecule has 0 aromatic heterocycles. The summed E-state index contributed by atoms with van der Waals surface area (Å²) in [6, 6.07) is 5.52. The van der Waals surface area contributed by atoms with E-state index in [-0.39, 0.29) is 23.5 Å². The Bertz CT molecular complexity index is 713. The van der Waals surface area contributed by atoms with E-state index in [2.05, 4.69) is 10.2 Å². The second-order valence-electron chi connectivity index (χ2n) is 8.56. The molecule has 3 fully saturated rings. The number of halogens is 2. The number of hydrogen-bond donors (Lipinski definition) is 1. The maximum absolute atomic E-state index is 12.9. The number of likely N-dealkylation sites (tertiary alicyclic amines) is 1. The number of amides is 1. The number of carbonyl (C=O) groups excluding carboxylic acids is 1. The summed E-state index contributed by atoms with van der Waals surface area (Å²) in [6.45, 7) is 3.00. The Hall–Kier alpha value is -1.01. The maximum atomic E-state index is 12.9. The summed E-state index contributed by atoms with van der Waals surface area (Å²) in [7, 11) is 1.65. The highest BCUT2D eigenvalue weighted by molar-refractivity contribution is 6.37. The van der Waals surface area contributed by atoms with E-state index in [1.807, 2.05) is 0 Å². The highest BCUT2D eigenvalue weighted by Crippen LogP contribution is 2.46. The first-order chi connectivity index (χ1) is 14.0. The van der Waals surface area contributed by atoms with Crippen molar-refractivity contribution < 1.29 is 14.3 Å². The van der Waals surface area contributed by atoms with Gasteiger partial charge in [0.2, 0.25) is 0 Å². The van der Waals surface area contributed by atoms with Gasteiger partial charge in [0.15, 0.2) is 11.9 Å². The van der Waals surface area contributed by atoms with Crippen LogP contribution >= 0.6 is 23.2 Å². The molecule has 29 heavy (non-hydrogen) atoms. The van der Waals surface area contributed by atoms with Crippen molar-refractivity contribution in [1.29, 1.82) is 0 Å². The van der Waals surface area contributed by atoms with Gasteiger partial charge < -0.3 is 14.8 Å². The number of likely N-dealkylation sites (N-methyl/N-ethyl adjacent to an activating group) is 1. The van der Waals surface area contributed by atoms with Crippen LogP contribution in [0.25, 0.3) is 0 Å². The van der Waals surface area contributed by atoms with Crippen LogP contribution in [0.15, 0.2) is 18.2 Å². The Morgan fingerprint density at radius 1 is 1.24 bits per heavy atom. The van der Waals surface area contributed by atoms with Crippen molar-refractivity contribution in [3.05, 3.63) is 28.2 Å². The molecule has 1 saturated carbocycles. The van der Waals surface area contributed by atoms with Crippen molar-refractivity contribution in [2.75, 3.05) is 26.7 Å². The summed E-state index contributed by atoms with van der Waals surface area (Å²) in [5, 5.41) is 3.65. The fourth-order valence-corrected chi connectivity index (χ4v) is 5.88. The van der Waals surface area contributed by atoms with Gasteiger partial charge in [0.05, 0.1) is 15.6 Å². The molecule has 1 aromatic carbocycles. The van der Waals surface area contributed by atoms with Gasteiger partial charge in [-0.2, -0.15) is 0 Å². The minimum atomic E-state index is -0.637. The van der Waals surface area contributed by atoms with Crippen LogP contribution in [-0.4, -0.2) is 55.3 Å². The van der Waals surface area contributed by atoms with E-state index in [1.165, 1.54) is 12.8 Å². The summed E-state index contributed by atoms with van der Waals surface area (Å²) in [4.78, 5) is 15.5. The molecular formula is C22H30Cl2N2O3. The number of nitrogens with one attached hydrogen (secondary N) is 1. The standard InChI is InChI=1S/C22H30Cl2N2O3/c1-25-21(27)19(29-20-16(23)6-4-7-17(20)24)15-8-10-22(9-5-13-28-22)14-18(15)26-11-2-3-12-26/h4,6-7,15,18-19H,2-3,5,8-14H2,1H3,(H,25,27)/t15-,18-,19?,22-/m1/s1. The van der Waals surface area contributed by atoms with Gasteiger partial charge in [-0.15, -0.1) is 0 Å². The van der Waals surface area contributed by atoms with Gasteiger partial charge in [-0.25, -0.2) is 0 Å².